The number of unbranched alkanes of at least 4 members (excludes halogenated alkanes) is 4. The molecular weight excluding hydrogens is 330 g/mol. The minimum atomic E-state index is 0. The molecule has 0 aliphatic rings. The molecule has 0 amide bonds. The van der Waals surface area contributed by atoms with Crippen LogP contribution in [0.2, 0.25) is 0 Å². The highest BCUT2D eigenvalue weighted by Crippen LogP contribution is 2.14. The number of halogens is 1. The molecule has 0 heterocycles. The van der Waals surface area contributed by atoms with E-state index in [1.54, 1.807) is 0 Å². The fourth-order valence-electron chi connectivity index (χ4n) is 2.64. The molecule has 0 fully saturated rings. The molecule has 2 nitrogen and oxygen atoms in total. The second-order valence-corrected chi connectivity index (χ2v) is 6.51. The highest BCUT2D eigenvalue weighted by Gasteiger charge is 1.98. The van der Waals surface area contributed by atoms with Crippen LogP contribution >= 0.6 is 12.4 Å². The lowest BCUT2D eigenvalue weighted by molar-refractivity contribution is 0.306. The topological polar surface area (TPSA) is 21.3 Å². The van der Waals surface area contributed by atoms with Crippen LogP contribution in [0.25, 0.3) is 0 Å². The molecule has 3 heteroatoms. The summed E-state index contributed by atoms with van der Waals surface area (Å²) < 4.78 is 5.85. The van der Waals surface area contributed by atoms with Crippen molar-refractivity contribution in [1.29, 1.82) is 0 Å². The molecule has 0 radical (unpaired) electrons. The zero-order valence-corrected chi connectivity index (χ0v) is 16.4. The summed E-state index contributed by atoms with van der Waals surface area (Å²) in [5.74, 6) is 0.930. The van der Waals surface area contributed by atoms with Gasteiger partial charge in [-0.3, -0.25) is 0 Å². The van der Waals surface area contributed by atoms with Crippen LogP contribution in [0.1, 0.15) is 55.7 Å². The Morgan fingerprint density at radius 2 is 1.44 bits per heavy atom. The van der Waals surface area contributed by atoms with Gasteiger partial charge in [0.2, 0.25) is 0 Å². The molecular formula is C22H32ClNO. The smallest absolute Gasteiger partial charge is 0.119 e. The third kappa shape index (κ3) is 8.94. The van der Waals surface area contributed by atoms with Gasteiger partial charge in [0.25, 0.3) is 0 Å². The molecule has 0 atom stereocenters. The standard InChI is InChI=1S/C22H31NO.ClH/c1-3-4-5-6-7-16-23-17-20-12-14-22(15-13-20)24-18-21-10-8-19(2)9-11-21;/h8-15,23H,3-7,16-18H2,1-2H3;1H. The monoisotopic (exact) mass is 361 g/mol. The van der Waals surface area contributed by atoms with E-state index in [9.17, 15) is 0 Å². The van der Waals surface area contributed by atoms with Gasteiger partial charge in [-0.1, -0.05) is 74.6 Å². The predicted octanol–water partition coefficient (Wildman–Crippen LogP) is 6.06. The van der Waals surface area contributed by atoms with Crippen molar-refractivity contribution in [3.05, 3.63) is 65.2 Å². The molecule has 0 saturated heterocycles. The quantitative estimate of drug-likeness (QED) is 0.491. The number of nitrogens with one attached hydrogen (secondary N) is 1. The Bertz CT molecular complexity index is 566. The van der Waals surface area contributed by atoms with Crippen molar-refractivity contribution < 1.29 is 4.74 Å². The second-order valence-electron chi connectivity index (χ2n) is 6.51. The van der Waals surface area contributed by atoms with Crippen LogP contribution in [0.4, 0.5) is 0 Å². The SMILES string of the molecule is CCCCCCCNCc1ccc(OCc2ccc(C)cc2)cc1.Cl. The molecule has 0 aliphatic carbocycles. The van der Waals surface area contributed by atoms with Crippen LogP contribution in [0.15, 0.2) is 48.5 Å². The van der Waals surface area contributed by atoms with E-state index in [0.29, 0.717) is 6.61 Å². The van der Waals surface area contributed by atoms with E-state index < -0.39 is 0 Å². The molecule has 25 heavy (non-hydrogen) atoms. The van der Waals surface area contributed by atoms with E-state index in [1.165, 1.54) is 48.8 Å². The van der Waals surface area contributed by atoms with E-state index in [1.807, 2.05) is 0 Å². The van der Waals surface area contributed by atoms with Gasteiger partial charge in [-0.05, 0) is 43.1 Å². The first-order valence-electron chi connectivity index (χ1n) is 9.26. The van der Waals surface area contributed by atoms with E-state index in [-0.39, 0.29) is 12.4 Å². The molecule has 0 saturated carbocycles. The summed E-state index contributed by atoms with van der Waals surface area (Å²) in [5.41, 5.74) is 3.79. The average molecular weight is 362 g/mol. The summed E-state index contributed by atoms with van der Waals surface area (Å²) >= 11 is 0. The summed E-state index contributed by atoms with van der Waals surface area (Å²) in [5, 5.41) is 3.52. The van der Waals surface area contributed by atoms with Crippen LogP contribution in [-0.4, -0.2) is 6.54 Å². The van der Waals surface area contributed by atoms with Crippen molar-refractivity contribution in [2.24, 2.45) is 0 Å². The molecule has 0 aromatic heterocycles. The van der Waals surface area contributed by atoms with Crippen LogP contribution in [0.3, 0.4) is 0 Å². The number of hydrogen-bond acceptors (Lipinski definition) is 2. The Morgan fingerprint density at radius 1 is 0.800 bits per heavy atom. The van der Waals surface area contributed by atoms with E-state index in [2.05, 4.69) is 67.7 Å². The molecule has 0 unspecified atom stereocenters. The van der Waals surface area contributed by atoms with Gasteiger partial charge < -0.3 is 10.1 Å². The Labute approximate surface area is 159 Å². The normalized spacial score (nSPS) is 10.3. The Morgan fingerprint density at radius 3 is 2.12 bits per heavy atom. The Balaban J connectivity index is 0.00000312. The fraction of sp³-hybridized carbons (Fsp3) is 0.455. The van der Waals surface area contributed by atoms with Crippen molar-refractivity contribution in [3.8, 4) is 5.75 Å². The Hall–Kier alpha value is -1.51. The molecule has 0 bridgehead atoms. The maximum atomic E-state index is 5.85. The van der Waals surface area contributed by atoms with Gasteiger partial charge in [-0.25, -0.2) is 0 Å². The number of rotatable bonds is 11. The first-order valence-corrected chi connectivity index (χ1v) is 9.26. The molecule has 2 rings (SSSR count). The molecule has 0 aliphatic heterocycles. The molecule has 1 N–H and O–H groups in total. The zero-order chi connectivity index (χ0) is 17.0. The summed E-state index contributed by atoms with van der Waals surface area (Å²) in [6.07, 6.45) is 6.66. The lowest BCUT2D eigenvalue weighted by atomic mass is 10.1. The highest BCUT2D eigenvalue weighted by atomic mass is 35.5. The molecule has 2 aromatic rings. The van der Waals surface area contributed by atoms with Gasteiger partial charge in [0.15, 0.2) is 0 Å². The van der Waals surface area contributed by atoms with E-state index >= 15 is 0 Å². The van der Waals surface area contributed by atoms with Crippen LogP contribution < -0.4 is 10.1 Å². The third-order valence-electron chi connectivity index (χ3n) is 4.24. The van der Waals surface area contributed by atoms with Crippen LogP contribution in [0, 0.1) is 6.92 Å². The van der Waals surface area contributed by atoms with E-state index in [0.717, 1.165) is 18.8 Å². The Kier molecular flexibility index (Phi) is 11.0. The highest BCUT2D eigenvalue weighted by molar-refractivity contribution is 5.85. The minimum absolute atomic E-state index is 0. The first-order chi connectivity index (χ1) is 11.8. The summed E-state index contributed by atoms with van der Waals surface area (Å²) in [4.78, 5) is 0. The summed E-state index contributed by atoms with van der Waals surface area (Å²) in [7, 11) is 0. The maximum absolute atomic E-state index is 5.85. The van der Waals surface area contributed by atoms with Crippen molar-refractivity contribution in [2.45, 2.75) is 59.1 Å². The number of benzene rings is 2. The van der Waals surface area contributed by atoms with Crippen molar-refractivity contribution in [2.75, 3.05) is 6.54 Å². The summed E-state index contributed by atoms with van der Waals surface area (Å²) in [6.45, 7) is 7.02. The molecule has 138 valence electrons. The molecule has 0 spiro atoms. The van der Waals surface area contributed by atoms with Crippen molar-refractivity contribution in [1.82, 2.24) is 5.32 Å². The second kappa shape index (κ2) is 12.8. The lowest BCUT2D eigenvalue weighted by Crippen LogP contribution is -2.14. The van der Waals surface area contributed by atoms with E-state index in [4.69, 9.17) is 4.74 Å². The number of hydrogen-bond donors (Lipinski definition) is 1. The predicted molar refractivity (Wildman–Crippen MR) is 110 cm³/mol. The largest absolute Gasteiger partial charge is 0.489 e. The lowest BCUT2D eigenvalue weighted by Gasteiger charge is -2.08. The number of ether oxygens (including phenoxy) is 1. The molecule has 2 aromatic carbocycles. The summed E-state index contributed by atoms with van der Waals surface area (Å²) in [6, 6.07) is 16.9. The van der Waals surface area contributed by atoms with Gasteiger partial charge in [0.05, 0.1) is 0 Å². The van der Waals surface area contributed by atoms with Crippen molar-refractivity contribution >= 4 is 12.4 Å². The minimum Gasteiger partial charge on any atom is -0.489 e. The fourth-order valence-corrected chi connectivity index (χ4v) is 2.64. The van der Waals surface area contributed by atoms with Crippen LogP contribution in [-0.2, 0) is 13.2 Å². The van der Waals surface area contributed by atoms with Gasteiger partial charge in [-0.2, -0.15) is 0 Å². The average Bonchev–Trinajstić information content (AvgIpc) is 2.61. The van der Waals surface area contributed by atoms with Gasteiger partial charge in [0.1, 0.15) is 12.4 Å². The third-order valence-corrected chi connectivity index (χ3v) is 4.24. The van der Waals surface area contributed by atoms with Gasteiger partial charge in [-0.15, -0.1) is 12.4 Å². The first kappa shape index (κ1) is 21.5. The van der Waals surface area contributed by atoms with Gasteiger partial charge in [0, 0.05) is 6.54 Å². The van der Waals surface area contributed by atoms with Crippen molar-refractivity contribution in [3.63, 3.8) is 0 Å². The number of aryl methyl sites for hydroxylation is 1. The van der Waals surface area contributed by atoms with Crippen LogP contribution in [0.5, 0.6) is 5.75 Å². The van der Waals surface area contributed by atoms with Gasteiger partial charge >= 0.3 is 0 Å². The zero-order valence-electron chi connectivity index (χ0n) is 15.6. The maximum Gasteiger partial charge on any atom is 0.119 e.